The molecule has 0 spiro atoms. The first kappa shape index (κ1) is 18.1. The van der Waals surface area contributed by atoms with E-state index in [2.05, 4.69) is 60.3 Å². The van der Waals surface area contributed by atoms with Gasteiger partial charge in [0.1, 0.15) is 0 Å². The molecule has 2 saturated heterocycles. The fourth-order valence-electron chi connectivity index (χ4n) is 2.85. The first-order valence-corrected chi connectivity index (χ1v) is 8.85. The van der Waals surface area contributed by atoms with Crippen molar-refractivity contribution < 1.29 is 9.90 Å². The van der Waals surface area contributed by atoms with Gasteiger partial charge in [-0.15, -0.1) is 11.8 Å². The average Bonchev–Trinajstić information content (AvgIpc) is 2.89. The van der Waals surface area contributed by atoms with Gasteiger partial charge in [-0.3, -0.25) is 4.79 Å². The molecule has 0 aromatic heterocycles. The highest BCUT2D eigenvalue weighted by atomic mass is 32.2. The van der Waals surface area contributed by atoms with Gasteiger partial charge in [-0.1, -0.05) is 12.1 Å². The summed E-state index contributed by atoms with van der Waals surface area (Å²) in [6, 6.07) is 9.15. The Bertz CT molecular complexity index is 499. The molecule has 3 rings (SSSR count). The Hall–Kier alpha value is -1.24. The number of hydrogen-bond acceptors (Lipinski definition) is 5. The molecule has 2 fully saturated rings. The summed E-state index contributed by atoms with van der Waals surface area (Å²) in [5.74, 6) is 0. The summed E-state index contributed by atoms with van der Waals surface area (Å²) in [7, 11) is 2.20. The minimum absolute atomic E-state index is 0.250. The van der Waals surface area contributed by atoms with Gasteiger partial charge in [0, 0.05) is 43.2 Å². The molecule has 1 unspecified atom stereocenters. The normalized spacial score (nSPS) is 24.0. The van der Waals surface area contributed by atoms with Crippen LogP contribution in [0.25, 0.3) is 0 Å². The molecule has 2 aliphatic rings. The maximum Gasteiger partial charge on any atom is 0.290 e. The van der Waals surface area contributed by atoms with Crippen molar-refractivity contribution >= 4 is 23.9 Å². The molecular weight excluding hydrogens is 310 g/mol. The van der Waals surface area contributed by atoms with E-state index in [9.17, 15) is 0 Å². The summed E-state index contributed by atoms with van der Waals surface area (Å²) in [5, 5.41) is 11.0. The van der Waals surface area contributed by atoms with Crippen molar-refractivity contribution in [2.45, 2.75) is 24.0 Å². The SMILES string of the molecule is CN1CCN(c2ccc(C3NCC(C)(C)S3)cc2)CC1.O=CO. The van der Waals surface area contributed by atoms with Crippen LogP contribution in [0.3, 0.4) is 0 Å². The molecule has 2 aliphatic heterocycles. The Morgan fingerprint density at radius 1 is 1.22 bits per heavy atom. The predicted molar refractivity (Wildman–Crippen MR) is 97.3 cm³/mol. The molecule has 1 aromatic rings. The van der Waals surface area contributed by atoms with Crippen molar-refractivity contribution in [3.05, 3.63) is 29.8 Å². The summed E-state index contributed by atoms with van der Waals surface area (Å²) in [5.41, 5.74) is 2.77. The summed E-state index contributed by atoms with van der Waals surface area (Å²) in [4.78, 5) is 13.2. The van der Waals surface area contributed by atoms with Gasteiger partial charge in [0.25, 0.3) is 6.47 Å². The van der Waals surface area contributed by atoms with E-state index in [0.717, 1.165) is 32.7 Å². The van der Waals surface area contributed by atoms with Crippen molar-refractivity contribution in [1.82, 2.24) is 10.2 Å². The van der Waals surface area contributed by atoms with Gasteiger partial charge in [0.15, 0.2) is 0 Å². The highest BCUT2D eigenvalue weighted by Crippen LogP contribution is 2.42. The molecule has 6 heteroatoms. The van der Waals surface area contributed by atoms with Crippen molar-refractivity contribution in [2.24, 2.45) is 0 Å². The number of carboxylic acid groups (broad SMARTS) is 1. The third-order valence-electron chi connectivity index (χ3n) is 4.21. The van der Waals surface area contributed by atoms with Crippen molar-refractivity contribution in [3.8, 4) is 0 Å². The molecule has 2 N–H and O–H groups in total. The second-order valence-electron chi connectivity index (χ2n) is 6.63. The first-order chi connectivity index (χ1) is 10.9. The number of anilines is 1. The molecule has 1 aromatic carbocycles. The molecule has 0 saturated carbocycles. The number of hydrogen-bond donors (Lipinski definition) is 2. The Labute approximate surface area is 143 Å². The zero-order valence-electron chi connectivity index (χ0n) is 14.2. The fourth-order valence-corrected chi connectivity index (χ4v) is 4.12. The monoisotopic (exact) mass is 337 g/mol. The van der Waals surface area contributed by atoms with Gasteiger partial charge in [-0.2, -0.15) is 0 Å². The van der Waals surface area contributed by atoms with Crippen LogP contribution in [0.2, 0.25) is 0 Å². The fraction of sp³-hybridized carbons (Fsp3) is 0.588. The Morgan fingerprint density at radius 2 is 1.78 bits per heavy atom. The number of carbonyl (C=O) groups is 1. The third-order valence-corrected chi connectivity index (χ3v) is 5.67. The number of rotatable bonds is 2. The van der Waals surface area contributed by atoms with E-state index >= 15 is 0 Å². The highest BCUT2D eigenvalue weighted by Gasteiger charge is 2.31. The lowest BCUT2D eigenvalue weighted by molar-refractivity contribution is -0.122. The smallest absolute Gasteiger partial charge is 0.290 e. The van der Waals surface area contributed by atoms with E-state index in [1.165, 1.54) is 11.3 Å². The predicted octanol–water partition coefficient (Wildman–Crippen LogP) is 2.25. The van der Waals surface area contributed by atoms with E-state index in [4.69, 9.17) is 9.90 Å². The van der Waals surface area contributed by atoms with Crippen LogP contribution < -0.4 is 10.2 Å². The lowest BCUT2D eigenvalue weighted by Crippen LogP contribution is -2.44. The van der Waals surface area contributed by atoms with Crippen molar-refractivity contribution in [1.29, 1.82) is 0 Å². The molecular formula is C17H27N3O2S. The summed E-state index contributed by atoms with van der Waals surface area (Å²) < 4.78 is 0.348. The highest BCUT2D eigenvalue weighted by molar-refractivity contribution is 8.01. The maximum absolute atomic E-state index is 8.36. The standard InChI is InChI=1S/C16H25N3S.CH2O2/c1-16(2)12-17-15(20-16)13-4-6-14(7-5-13)19-10-8-18(3)9-11-19;2-1-3/h4-7,15,17H,8-12H2,1-3H3;1H,(H,2,3). The molecule has 2 heterocycles. The lowest BCUT2D eigenvalue weighted by Gasteiger charge is -2.34. The van der Waals surface area contributed by atoms with E-state index in [0.29, 0.717) is 10.1 Å². The van der Waals surface area contributed by atoms with Crippen LogP contribution in [0.4, 0.5) is 5.69 Å². The average molecular weight is 337 g/mol. The van der Waals surface area contributed by atoms with Crippen LogP contribution in [0.15, 0.2) is 24.3 Å². The van der Waals surface area contributed by atoms with Gasteiger partial charge >= 0.3 is 0 Å². The first-order valence-electron chi connectivity index (χ1n) is 7.98. The summed E-state index contributed by atoms with van der Waals surface area (Å²) in [6.45, 7) is 10.1. The molecule has 128 valence electrons. The zero-order valence-corrected chi connectivity index (χ0v) is 15.0. The quantitative estimate of drug-likeness (QED) is 0.808. The van der Waals surface area contributed by atoms with Crippen LogP contribution in [-0.4, -0.2) is 61.0 Å². The Morgan fingerprint density at radius 3 is 2.26 bits per heavy atom. The van der Waals surface area contributed by atoms with Crippen LogP contribution in [-0.2, 0) is 4.79 Å². The molecule has 0 bridgehead atoms. The summed E-state index contributed by atoms with van der Waals surface area (Å²) >= 11 is 2.03. The molecule has 0 radical (unpaired) electrons. The molecule has 1 atom stereocenters. The third kappa shape index (κ3) is 5.12. The number of nitrogens with one attached hydrogen (secondary N) is 1. The minimum Gasteiger partial charge on any atom is -0.483 e. The molecule has 0 aliphatic carbocycles. The van der Waals surface area contributed by atoms with E-state index in [-0.39, 0.29) is 6.47 Å². The van der Waals surface area contributed by atoms with Gasteiger partial charge in [0.05, 0.1) is 5.37 Å². The van der Waals surface area contributed by atoms with Gasteiger partial charge in [0.2, 0.25) is 0 Å². The molecule has 0 amide bonds. The van der Waals surface area contributed by atoms with Gasteiger partial charge < -0.3 is 20.2 Å². The van der Waals surface area contributed by atoms with Gasteiger partial charge in [-0.05, 0) is 38.6 Å². The molecule has 5 nitrogen and oxygen atoms in total. The number of piperazine rings is 1. The second-order valence-corrected chi connectivity index (χ2v) is 8.44. The lowest BCUT2D eigenvalue weighted by atomic mass is 10.1. The number of benzene rings is 1. The van der Waals surface area contributed by atoms with Crippen LogP contribution in [0.5, 0.6) is 0 Å². The number of nitrogens with zero attached hydrogens (tertiary/aromatic N) is 2. The number of thioether (sulfide) groups is 1. The van der Waals surface area contributed by atoms with Crippen molar-refractivity contribution in [2.75, 3.05) is 44.7 Å². The Kier molecular flexibility index (Phi) is 6.33. The van der Waals surface area contributed by atoms with E-state index in [1.807, 2.05) is 11.8 Å². The van der Waals surface area contributed by atoms with E-state index in [1.54, 1.807) is 0 Å². The van der Waals surface area contributed by atoms with Crippen molar-refractivity contribution in [3.63, 3.8) is 0 Å². The van der Waals surface area contributed by atoms with Gasteiger partial charge in [-0.25, -0.2) is 0 Å². The molecule has 23 heavy (non-hydrogen) atoms. The van der Waals surface area contributed by atoms with Crippen LogP contribution >= 0.6 is 11.8 Å². The van der Waals surface area contributed by atoms with Crippen LogP contribution in [0.1, 0.15) is 24.8 Å². The zero-order chi connectivity index (χ0) is 16.9. The number of likely N-dealkylation sites (N-methyl/N-ethyl adjacent to an activating group) is 1. The van der Waals surface area contributed by atoms with Crippen LogP contribution in [0, 0.1) is 0 Å². The summed E-state index contributed by atoms with van der Waals surface area (Å²) in [6.07, 6.45) is 0. The second kappa shape index (κ2) is 8.04. The topological polar surface area (TPSA) is 55.8 Å². The minimum atomic E-state index is -0.250. The largest absolute Gasteiger partial charge is 0.483 e. The maximum atomic E-state index is 8.36. The Balaban J connectivity index is 0.000000595. The van der Waals surface area contributed by atoms with E-state index < -0.39 is 0 Å².